The van der Waals surface area contributed by atoms with Crippen molar-refractivity contribution in [3.63, 3.8) is 0 Å². The average Bonchev–Trinajstić information content (AvgIpc) is 3.01. The third-order valence-electron chi connectivity index (χ3n) is 5.97. The normalized spacial score (nSPS) is 16.9. The van der Waals surface area contributed by atoms with Crippen LogP contribution in [0.3, 0.4) is 0 Å². The van der Waals surface area contributed by atoms with Crippen molar-refractivity contribution >= 4 is 33.2 Å². The standard InChI is InChI=1S/C28H36F2N4O4S/c1-6-7-10-20-13-14-23(24(31-20)34-17-9-15-28(29,30)16-18-34)25(35)32-21-11-8-12-22(19-21)39(5,37)33-26(36)38-27(2,3)4/h6,8,11-14,19H,1,7,9-10,15-18H2,2-5H3,(H,32,35)/t39-/m1/s1. The van der Waals surface area contributed by atoms with Crippen LogP contribution in [0.25, 0.3) is 0 Å². The molecule has 212 valence electrons. The van der Waals surface area contributed by atoms with E-state index in [0.29, 0.717) is 30.9 Å². The molecule has 1 atom stereocenters. The molecular weight excluding hydrogens is 526 g/mol. The predicted molar refractivity (Wildman–Crippen MR) is 149 cm³/mol. The van der Waals surface area contributed by atoms with Crippen molar-refractivity contribution in [2.75, 3.05) is 29.6 Å². The molecule has 3 rings (SSSR count). The third-order valence-corrected chi connectivity index (χ3v) is 7.60. The number of pyridine rings is 1. The van der Waals surface area contributed by atoms with Crippen molar-refractivity contribution in [1.29, 1.82) is 0 Å². The van der Waals surface area contributed by atoms with E-state index >= 15 is 0 Å². The van der Waals surface area contributed by atoms with Gasteiger partial charge in [-0.3, -0.25) is 4.79 Å². The van der Waals surface area contributed by atoms with Gasteiger partial charge in [-0.1, -0.05) is 12.1 Å². The molecule has 2 heterocycles. The maximum Gasteiger partial charge on any atom is 0.442 e. The first-order valence-electron chi connectivity index (χ1n) is 12.8. The Morgan fingerprint density at radius 1 is 1.23 bits per heavy atom. The van der Waals surface area contributed by atoms with Crippen molar-refractivity contribution in [3.05, 3.63) is 60.3 Å². The van der Waals surface area contributed by atoms with E-state index in [1.54, 1.807) is 62.1 Å². The Morgan fingerprint density at radius 3 is 2.67 bits per heavy atom. The van der Waals surface area contributed by atoms with E-state index in [1.807, 2.05) is 0 Å². The molecule has 11 heteroatoms. The summed E-state index contributed by atoms with van der Waals surface area (Å²) >= 11 is 0. The van der Waals surface area contributed by atoms with Crippen molar-refractivity contribution < 1.29 is 27.3 Å². The first kappa shape index (κ1) is 30.2. The highest BCUT2D eigenvalue weighted by molar-refractivity contribution is 7.93. The Morgan fingerprint density at radius 2 is 1.97 bits per heavy atom. The molecule has 1 saturated heterocycles. The molecule has 8 nitrogen and oxygen atoms in total. The molecule has 1 N–H and O–H groups in total. The van der Waals surface area contributed by atoms with Crippen LogP contribution >= 0.6 is 0 Å². The fourth-order valence-corrected chi connectivity index (χ4v) is 5.16. The van der Waals surface area contributed by atoms with Gasteiger partial charge in [0.25, 0.3) is 5.91 Å². The maximum absolute atomic E-state index is 14.0. The highest BCUT2D eigenvalue weighted by Gasteiger charge is 2.33. The number of hydrogen-bond donors (Lipinski definition) is 1. The van der Waals surface area contributed by atoms with E-state index < -0.39 is 33.3 Å². The highest BCUT2D eigenvalue weighted by atomic mass is 32.2. The minimum absolute atomic E-state index is 0.0741. The molecule has 1 aliphatic heterocycles. The van der Waals surface area contributed by atoms with Gasteiger partial charge in [0.15, 0.2) is 0 Å². The monoisotopic (exact) mass is 562 g/mol. The molecule has 1 fully saturated rings. The average molecular weight is 563 g/mol. The number of halogens is 2. The number of anilines is 2. The summed E-state index contributed by atoms with van der Waals surface area (Å²) in [5, 5.41) is 2.78. The van der Waals surface area contributed by atoms with Gasteiger partial charge in [-0.25, -0.2) is 22.8 Å². The summed E-state index contributed by atoms with van der Waals surface area (Å²) in [5.74, 6) is -2.90. The Labute approximate surface area is 229 Å². The topological polar surface area (TPSA) is 101 Å². The molecule has 0 unspecified atom stereocenters. The SMILES string of the molecule is C=CCCc1ccc(C(=O)Nc2cccc([S@@](C)(=O)=NC(=O)OC(C)(C)C)c2)c(N2CCCC(F)(F)CC2)n1. The lowest BCUT2D eigenvalue weighted by Gasteiger charge is -2.24. The number of carbonyl (C=O) groups is 2. The number of carbonyl (C=O) groups excluding carboxylic acids is 2. The van der Waals surface area contributed by atoms with Crippen LogP contribution in [0.5, 0.6) is 0 Å². The first-order chi connectivity index (χ1) is 18.2. The molecule has 39 heavy (non-hydrogen) atoms. The van der Waals surface area contributed by atoms with Crippen molar-refractivity contribution in [1.82, 2.24) is 4.98 Å². The second-order valence-corrected chi connectivity index (χ2v) is 12.8. The van der Waals surface area contributed by atoms with Crippen LogP contribution in [-0.4, -0.2) is 52.1 Å². The number of benzene rings is 1. The van der Waals surface area contributed by atoms with Gasteiger partial charge < -0.3 is 15.0 Å². The number of aryl methyl sites for hydroxylation is 1. The van der Waals surface area contributed by atoms with E-state index in [4.69, 9.17) is 4.74 Å². The number of aromatic nitrogens is 1. The minimum atomic E-state index is -3.16. The summed E-state index contributed by atoms with van der Waals surface area (Å²) in [6, 6.07) is 9.61. The predicted octanol–water partition coefficient (Wildman–Crippen LogP) is 6.47. The summed E-state index contributed by atoms with van der Waals surface area (Å²) < 4.78 is 50.2. The van der Waals surface area contributed by atoms with Gasteiger partial charge >= 0.3 is 6.09 Å². The molecule has 0 bridgehead atoms. The number of ether oxygens (including phenoxy) is 1. The van der Waals surface area contributed by atoms with E-state index in [1.165, 1.54) is 12.3 Å². The lowest BCUT2D eigenvalue weighted by molar-refractivity contribution is -0.0102. The number of nitrogens with one attached hydrogen (secondary N) is 1. The van der Waals surface area contributed by atoms with Crippen molar-refractivity contribution in [2.45, 2.75) is 69.3 Å². The fourth-order valence-electron chi connectivity index (χ4n) is 4.05. The summed E-state index contributed by atoms with van der Waals surface area (Å²) in [7, 11) is -3.16. The summed E-state index contributed by atoms with van der Waals surface area (Å²) in [6.07, 6.45) is 3.18. The molecule has 0 aliphatic carbocycles. The van der Waals surface area contributed by atoms with E-state index in [-0.39, 0.29) is 36.3 Å². The van der Waals surface area contributed by atoms with E-state index in [0.717, 1.165) is 5.69 Å². The van der Waals surface area contributed by atoms with Crippen LogP contribution in [0.1, 0.15) is 62.5 Å². The van der Waals surface area contributed by atoms with Gasteiger partial charge in [0, 0.05) is 48.5 Å². The largest absolute Gasteiger partial charge is 0.442 e. The number of rotatable bonds is 7. The molecule has 1 aliphatic rings. The van der Waals surface area contributed by atoms with Gasteiger partial charge in [0.1, 0.15) is 11.4 Å². The molecule has 1 aromatic heterocycles. The zero-order chi connectivity index (χ0) is 28.8. The molecule has 2 amide bonds. The van der Waals surface area contributed by atoms with Gasteiger partial charge in [-0.2, -0.15) is 0 Å². The Bertz CT molecular complexity index is 1350. The number of allylic oxidation sites excluding steroid dienone is 1. The fraction of sp³-hybridized carbons (Fsp3) is 0.464. The van der Waals surface area contributed by atoms with Crippen molar-refractivity contribution in [2.24, 2.45) is 4.36 Å². The van der Waals surface area contributed by atoms with Crippen molar-refractivity contribution in [3.8, 4) is 0 Å². The lowest BCUT2D eigenvalue weighted by Crippen LogP contribution is -2.29. The minimum Gasteiger partial charge on any atom is -0.442 e. The molecule has 1 aromatic carbocycles. The van der Waals surface area contributed by atoms with E-state index in [2.05, 4.69) is 21.2 Å². The van der Waals surface area contributed by atoms with Crippen LogP contribution in [0.15, 0.2) is 58.3 Å². The summed E-state index contributed by atoms with van der Waals surface area (Å²) in [5.41, 5.74) is 0.510. The van der Waals surface area contributed by atoms with Gasteiger partial charge in [-0.15, -0.1) is 10.9 Å². The second kappa shape index (κ2) is 12.2. The smallest absolute Gasteiger partial charge is 0.442 e. The summed E-state index contributed by atoms with van der Waals surface area (Å²) in [6.45, 7) is 9.20. The van der Waals surface area contributed by atoms with Gasteiger partial charge in [0.05, 0.1) is 15.3 Å². The summed E-state index contributed by atoms with van der Waals surface area (Å²) in [4.78, 5) is 32.2. The highest BCUT2D eigenvalue weighted by Crippen LogP contribution is 2.31. The molecule has 0 spiro atoms. The molecule has 0 radical (unpaired) electrons. The van der Waals surface area contributed by atoms with Crippen LogP contribution < -0.4 is 10.2 Å². The number of amides is 2. The zero-order valence-electron chi connectivity index (χ0n) is 22.8. The van der Waals surface area contributed by atoms with Crippen LogP contribution in [0.2, 0.25) is 0 Å². The van der Waals surface area contributed by atoms with Gasteiger partial charge in [-0.05, 0) is 70.4 Å². The number of nitrogens with zero attached hydrogens (tertiary/aromatic N) is 3. The number of hydrogen-bond acceptors (Lipinski definition) is 6. The Balaban J connectivity index is 1.90. The third kappa shape index (κ3) is 8.84. The number of alkyl halides is 2. The quantitative estimate of drug-likeness (QED) is 0.388. The van der Waals surface area contributed by atoms with Gasteiger partial charge in [0.2, 0.25) is 5.92 Å². The zero-order valence-corrected chi connectivity index (χ0v) is 23.7. The molecule has 2 aromatic rings. The Hall–Kier alpha value is -3.34. The molecular formula is C28H36F2N4O4S. The maximum atomic E-state index is 14.0. The first-order valence-corrected chi connectivity index (χ1v) is 14.7. The second-order valence-electron chi connectivity index (χ2n) is 10.6. The molecule has 0 saturated carbocycles. The van der Waals surface area contributed by atoms with Crippen LogP contribution in [0.4, 0.5) is 25.1 Å². The van der Waals surface area contributed by atoms with Crippen LogP contribution in [0, 0.1) is 0 Å². The van der Waals surface area contributed by atoms with E-state index in [9.17, 15) is 22.6 Å². The Kier molecular flexibility index (Phi) is 9.47. The van der Waals surface area contributed by atoms with Crippen LogP contribution in [-0.2, 0) is 20.9 Å². The lowest BCUT2D eigenvalue weighted by atomic mass is 10.1.